The van der Waals surface area contributed by atoms with Crippen LogP contribution in [-0.2, 0) is 6.42 Å². The molecule has 0 aliphatic rings. The van der Waals surface area contributed by atoms with Gasteiger partial charge in [0, 0.05) is 18.7 Å². The first-order valence-corrected chi connectivity index (χ1v) is 8.24. The molecule has 25 heavy (non-hydrogen) atoms. The van der Waals surface area contributed by atoms with Gasteiger partial charge in [-0.3, -0.25) is 9.59 Å². The van der Waals surface area contributed by atoms with E-state index in [2.05, 4.69) is 10.3 Å². The lowest BCUT2D eigenvalue weighted by molar-refractivity contribution is 0.0951. The van der Waals surface area contributed by atoms with E-state index < -0.39 is 0 Å². The number of nitrogens with one attached hydrogen (secondary N) is 2. The van der Waals surface area contributed by atoms with Crippen molar-refractivity contribution in [2.75, 3.05) is 6.54 Å². The van der Waals surface area contributed by atoms with Gasteiger partial charge < -0.3 is 14.7 Å². The van der Waals surface area contributed by atoms with E-state index in [0.29, 0.717) is 12.2 Å². The summed E-state index contributed by atoms with van der Waals surface area (Å²) in [6.45, 7) is 2.49. The molecule has 0 aliphatic heterocycles. The van der Waals surface area contributed by atoms with Gasteiger partial charge in [-0.1, -0.05) is 29.8 Å². The lowest BCUT2D eigenvalue weighted by Gasteiger charge is -2.06. The Morgan fingerprint density at radius 1 is 1.12 bits per heavy atom. The molecule has 2 heterocycles. The van der Waals surface area contributed by atoms with Gasteiger partial charge in [-0.25, -0.2) is 0 Å². The Morgan fingerprint density at radius 2 is 1.92 bits per heavy atom. The molecule has 3 aromatic rings. The van der Waals surface area contributed by atoms with Gasteiger partial charge >= 0.3 is 0 Å². The molecule has 128 valence electrons. The molecule has 0 bridgehead atoms. The molecule has 0 saturated heterocycles. The number of hydrogen-bond donors (Lipinski definition) is 2. The van der Waals surface area contributed by atoms with Crippen molar-refractivity contribution in [1.29, 1.82) is 0 Å². The molecule has 0 atom stereocenters. The van der Waals surface area contributed by atoms with Crippen LogP contribution < -0.4 is 10.9 Å². The molecule has 0 fully saturated rings. The number of H-pyrrole nitrogens is 1. The van der Waals surface area contributed by atoms with Crippen LogP contribution in [-0.4, -0.2) is 17.4 Å². The molecular formula is C20H20N2O3. The van der Waals surface area contributed by atoms with Crippen LogP contribution in [0.5, 0.6) is 0 Å². The van der Waals surface area contributed by atoms with Crippen molar-refractivity contribution in [3.8, 4) is 11.3 Å². The third-order valence-corrected chi connectivity index (χ3v) is 3.98. The summed E-state index contributed by atoms with van der Waals surface area (Å²) in [5.41, 5.74) is 2.49. The van der Waals surface area contributed by atoms with Crippen LogP contribution in [0.2, 0.25) is 0 Å². The van der Waals surface area contributed by atoms with Gasteiger partial charge in [0.15, 0.2) is 0 Å². The third-order valence-electron chi connectivity index (χ3n) is 3.98. The molecule has 0 radical (unpaired) electrons. The Bertz CT molecular complexity index is 893. The molecule has 0 saturated carbocycles. The molecule has 0 spiro atoms. The van der Waals surface area contributed by atoms with E-state index >= 15 is 0 Å². The van der Waals surface area contributed by atoms with Gasteiger partial charge in [0.25, 0.3) is 11.5 Å². The number of aryl methyl sites for hydroxylation is 2. The second-order valence-corrected chi connectivity index (χ2v) is 5.92. The smallest absolute Gasteiger partial charge is 0.261 e. The molecule has 5 nitrogen and oxygen atoms in total. The zero-order chi connectivity index (χ0) is 17.6. The number of carbonyl (C=O) groups is 1. The highest BCUT2D eigenvalue weighted by Crippen LogP contribution is 2.16. The van der Waals surface area contributed by atoms with E-state index in [9.17, 15) is 9.59 Å². The van der Waals surface area contributed by atoms with Gasteiger partial charge in [0.2, 0.25) is 0 Å². The van der Waals surface area contributed by atoms with Gasteiger partial charge in [-0.15, -0.1) is 0 Å². The van der Waals surface area contributed by atoms with Crippen LogP contribution in [0.1, 0.15) is 28.1 Å². The summed E-state index contributed by atoms with van der Waals surface area (Å²) in [6.07, 6.45) is 3.12. The minimum absolute atomic E-state index is 0.119. The summed E-state index contributed by atoms with van der Waals surface area (Å²) in [4.78, 5) is 27.1. The fourth-order valence-corrected chi connectivity index (χ4v) is 2.57. The maximum Gasteiger partial charge on any atom is 0.261 e. The molecular weight excluding hydrogens is 316 g/mol. The first-order chi connectivity index (χ1) is 12.1. The van der Waals surface area contributed by atoms with Gasteiger partial charge in [0.05, 0.1) is 6.26 Å². The number of aromatic nitrogens is 1. The average Bonchev–Trinajstić information content (AvgIpc) is 3.12. The van der Waals surface area contributed by atoms with E-state index in [1.807, 2.05) is 43.3 Å². The van der Waals surface area contributed by atoms with E-state index in [-0.39, 0.29) is 17.0 Å². The highest BCUT2D eigenvalue weighted by atomic mass is 16.3. The summed E-state index contributed by atoms with van der Waals surface area (Å²) >= 11 is 0. The lowest BCUT2D eigenvalue weighted by Crippen LogP contribution is -2.30. The monoisotopic (exact) mass is 336 g/mol. The van der Waals surface area contributed by atoms with Crippen molar-refractivity contribution in [1.82, 2.24) is 10.3 Å². The molecule has 0 aliphatic carbocycles. The Labute approximate surface area is 145 Å². The standard InChI is InChI=1S/C20H20N2O3/c1-14-6-8-15(9-7-14)18-11-10-17(20(24)22-18)19(23)21-12-2-4-16-5-3-13-25-16/h3,5-11,13H,2,4,12H2,1H3,(H,21,23)(H,22,24). The average molecular weight is 336 g/mol. The summed E-state index contributed by atoms with van der Waals surface area (Å²) in [5.74, 6) is 0.519. The summed E-state index contributed by atoms with van der Waals surface area (Å²) in [7, 11) is 0. The minimum atomic E-state index is -0.387. The Hall–Kier alpha value is -3.08. The van der Waals surface area contributed by atoms with E-state index in [0.717, 1.165) is 29.7 Å². The molecule has 2 N–H and O–H groups in total. The molecule has 3 rings (SSSR count). The van der Waals surface area contributed by atoms with Crippen LogP contribution in [0.15, 0.2) is 64.0 Å². The van der Waals surface area contributed by atoms with Crippen molar-refractivity contribution >= 4 is 5.91 Å². The highest BCUT2D eigenvalue weighted by Gasteiger charge is 2.11. The largest absolute Gasteiger partial charge is 0.469 e. The fourth-order valence-electron chi connectivity index (χ4n) is 2.57. The zero-order valence-corrected chi connectivity index (χ0v) is 14.0. The Morgan fingerprint density at radius 3 is 2.60 bits per heavy atom. The number of aromatic amines is 1. The van der Waals surface area contributed by atoms with Crippen molar-refractivity contribution in [2.24, 2.45) is 0 Å². The van der Waals surface area contributed by atoms with E-state index in [4.69, 9.17) is 4.42 Å². The summed E-state index contributed by atoms with van der Waals surface area (Å²) < 4.78 is 5.24. The van der Waals surface area contributed by atoms with Crippen molar-refractivity contribution < 1.29 is 9.21 Å². The maximum atomic E-state index is 12.2. The number of carbonyl (C=O) groups excluding carboxylic acids is 1. The van der Waals surface area contributed by atoms with Crippen LogP contribution in [0, 0.1) is 6.92 Å². The highest BCUT2D eigenvalue weighted by molar-refractivity contribution is 5.94. The lowest BCUT2D eigenvalue weighted by atomic mass is 10.1. The Kier molecular flexibility index (Phi) is 5.14. The normalized spacial score (nSPS) is 10.6. The van der Waals surface area contributed by atoms with Crippen LogP contribution in [0.3, 0.4) is 0 Å². The summed E-state index contributed by atoms with van der Waals surface area (Å²) in [5, 5.41) is 2.77. The van der Waals surface area contributed by atoms with Gasteiger partial charge in [0.1, 0.15) is 11.3 Å². The van der Waals surface area contributed by atoms with Crippen LogP contribution in [0.4, 0.5) is 0 Å². The number of hydrogen-bond acceptors (Lipinski definition) is 3. The Balaban J connectivity index is 1.61. The van der Waals surface area contributed by atoms with Crippen molar-refractivity contribution in [2.45, 2.75) is 19.8 Å². The quantitative estimate of drug-likeness (QED) is 0.678. The fraction of sp³-hybridized carbons (Fsp3) is 0.200. The zero-order valence-electron chi connectivity index (χ0n) is 14.0. The first kappa shape index (κ1) is 16.8. The molecule has 1 amide bonds. The molecule has 1 aromatic carbocycles. The first-order valence-electron chi connectivity index (χ1n) is 8.24. The number of benzene rings is 1. The van der Waals surface area contributed by atoms with E-state index in [1.165, 1.54) is 0 Å². The van der Waals surface area contributed by atoms with Crippen molar-refractivity contribution in [3.63, 3.8) is 0 Å². The van der Waals surface area contributed by atoms with Gasteiger partial charge in [-0.05, 0) is 43.2 Å². The summed E-state index contributed by atoms with van der Waals surface area (Å²) in [6, 6.07) is 14.9. The third kappa shape index (κ3) is 4.26. The number of furan rings is 1. The van der Waals surface area contributed by atoms with Crippen LogP contribution in [0.25, 0.3) is 11.3 Å². The van der Waals surface area contributed by atoms with Crippen molar-refractivity contribution in [3.05, 3.63) is 82.0 Å². The number of amides is 1. The minimum Gasteiger partial charge on any atom is -0.469 e. The number of pyridine rings is 1. The predicted octanol–water partition coefficient (Wildman–Crippen LogP) is 3.31. The second-order valence-electron chi connectivity index (χ2n) is 5.92. The SMILES string of the molecule is Cc1ccc(-c2ccc(C(=O)NCCCc3ccco3)c(=O)[nH]2)cc1. The van der Waals surface area contributed by atoms with Crippen LogP contribution >= 0.6 is 0 Å². The second kappa shape index (κ2) is 7.66. The topological polar surface area (TPSA) is 75.1 Å². The number of rotatable bonds is 6. The predicted molar refractivity (Wildman–Crippen MR) is 96.6 cm³/mol. The van der Waals surface area contributed by atoms with E-state index in [1.54, 1.807) is 18.4 Å². The van der Waals surface area contributed by atoms with Gasteiger partial charge in [-0.2, -0.15) is 0 Å². The molecule has 2 aromatic heterocycles. The maximum absolute atomic E-state index is 12.2. The molecule has 5 heteroatoms. The molecule has 0 unspecified atom stereocenters.